The maximum Gasteiger partial charge on any atom is 0.310 e. The SMILES string of the molecule is O=[N+]([O-])c1cnccc1NCC1CCCS1(=O)=O. The van der Waals surface area contributed by atoms with E-state index >= 15 is 0 Å². The summed E-state index contributed by atoms with van der Waals surface area (Å²) >= 11 is 0. The van der Waals surface area contributed by atoms with Gasteiger partial charge in [-0.25, -0.2) is 8.42 Å². The molecule has 0 aliphatic carbocycles. The molecule has 1 saturated heterocycles. The standard InChI is InChI=1S/C10H13N3O4S/c14-13(15)10-7-11-4-3-9(10)12-6-8-2-1-5-18(8,16)17/h3-4,7-8H,1-2,5-6H2,(H,11,12). The number of nitrogens with zero attached hydrogens (tertiary/aromatic N) is 2. The zero-order valence-corrected chi connectivity index (χ0v) is 10.4. The predicted octanol–water partition coefficient (Wildman–Crippen LogP) is 0.979. The van der Waals surface area contributed by atoms with E-state index in [2.05, 4.69) is 10.3 Å². The van der Waals surface area contributed by atoms with Crippen LogP contribution in [-0.4, -0.2) is 35.9 Å². The minimum absolute atomic E-state index is 0.145. The number of hydrogen-bond donors (Lipinski definition) is 1. The average molecular weight is 271 g/mol. The van der Waals surface area contributed by atoms with Crippen molar-refractivity contribution < 1.29 is 13.3 Å². The summed E-state index contributed by atoms with van der Waals surface area (Å²) in [6.07, 6.45) is 3.84. The highest BCUT2D eigenvalue weighted by molar-refractivity contribution is 7.92. The van der Waals surface area contributed by atoms with E-state index in [1.165, 1.54) is 12.3 Å². The van der Waals surface area contributed by atoms with Crippen LogP contribution >= 0.6 is 0 Å². The van der Waals surface area contributed by atoms with Gasteiger partial charge in [-0.15, -0.1) is 0 Å². The molecule has 1 fully saturated rings. The third kappa shape index (κ3) is 2.58. The first-order chi connectivity index (χ1) is 8.50. The molecule has 0 bridgehead atoms. The van der Waals surface area contributed by atoms with Crippen molar-refractivity contribution >= 4 is 21.2 Å². The Morgan fingerprint density at radius 2 is 2.33 bits per heavy atom. The summed E-state index contributed by atoms with van der Waals surface area (Å²) in [6, 6.07) is 1.47. The van der Waals surface area contributed by atoms with Crippen LogP contribution in [0.2, 0.25) is 0 Å². The fourth-order valence-electron chi connectivity index (χ4n) is 1.99. The number of hydrogen-bond acceptors (Lipinski definition) is 6. The van der Waals surface area contributed by atoms with Gasteiger partial charge < -0.3 is 5.32 Å². The number of aromatic nitrogens is 1. The number of nitro groups is 1. The monoisotopic (exact) mass is 271 g/mol. The maximum absolute atomic E-state index is 11.6. The van der Waals surface area contributed by atoms with Crippen molar-refractivity contribution in [1.29, 1.82) is 0 Å². The average Bonchev–Trinajstić information content (AvgIpc) is 2.66. The molecule has 2 rings (SSSR count). The highest BCUT2D eigenvalue weighted by Gasteiger charge is 2.31. The van der Waals surface area contributed by atoms with Crippen LogP contribution < -0.4 is 5.32 Å². The maximum atomic E-state index is 11.6. The summed E-state index contributed by atoms with van der Waals surface area (Å²) in [4.78, 5) is 13.9. The lowest BCUT2D eigenvalue weighted by molar-refractivity contribution is -0.384. The minimum Gasteiger partial charge on any atom is -0.378 e. The molecule has 1 aromatic heterocycles. The molecule has 18 heavy (non-hydrogen) atoms. The molecule has 1 aliphatic rings. The van der Waals surface area contributed by atoms with Gasteiger partial charge in [-0.1, -0.05) is 0 Å². The molecule has 8 heteroatoms. The molecule has 0 aromatic carbocycles. The van der Waals surface area contributed by atoms with Crippen molar-refractivity contribution in [2.24, 2.45) is 0 Å². The van der Waals surface area contributed by atoms with E-state index in [0.29, 0.717) is 18.5 Å². The number of sulfone groups is 1. The van der Waals surface area contributed by atoms with Crippen LogP contribution in [0.4, 0.5) is 11.4 Å². The molecule has 0 spiro atoms. The molecular formula is C10H13N3O4S. The summed E-state index contributed by atoms with van der Waals surface area (Å²) in [5, 5.41) is 13.1. The molecule has 0 amide bonds. The molecule has 98 valence electrons. The lowest BCUT2D eigenvalue weighted by Crippen LogP contribution is -2.25. The van der Waals surface area contributed by atoms with Crippen LogP contribution in [0.25, 0.3) is 0 Å². The number of anilines is 1. The molecule has 0 saturated carbocycles. The Morgan fingerprint density at radius 3 is 2.94 bits per heavy atom. The van der Waals surface area contributed by atoms with Crippen molar-refractivity contribution in [2.75, 3.05) is 17.6 Å². The molecule has 7 nitrogen and oxygen atoms in total. The number of rotatable bonds is 4. The van der Waals surface area contributed by atoms with E-state index in [1.807, 2.05) is 0 Å². The van der Waals surface area contributed by atoms with Crippen molar-refractivity contribution in [2.45, 2.75) is 18.1 Å². The zero-order valence-electron chi connectivity index (χ0n) is 9.57. The number of nitrogens with one attached hydrogen (secondary N) is 1. The topological polar surface area (TPSA) is 102 Å². The van der Waals surface area contributed by atoms with Crippen molar-refractivity contribution in [3.05, 3.63) is 28.6 Å². The Labute approximate surface area is 104 Å². The van der Waals surface area contributed by atoms with Crippen LogP contribution in [0.1, 0.15) is 12.8 Å². The minimum atomic E-state index is -3.04. The molecule has 1 aliphatic heterocycles. The highest BCUT2D eigenvalue weighted by atomic mass is 32.2. The highest BCUT2D eigenvalue weighted by Crippen LogP contribution is 2.24. The third-order valence-electron chi connectivity index (χ3n) is 2.98. The lowest BCUT2D eigenvalue weighted by atomic mass is 10.2. The summed E-state index contributed by atoms with van der Waals surface area (Å²) in [7, 11) is -3.04. The van der Waals surface area contributed by atoms with Crippen LogP contribution in [0, 0.1) is 10.1 Å². The van der Waals surface area contributed by atoms with Gasteiger partial charge in [0.25, 0.3) is 0 Å². The first-order valence-corrected chi connectivity index (χ1v) is 7.26. The summed E-state index contributed by atoms with van der Waals surface area (Å²) in [6.45, 7) is 0.202. The van der Waals surface area contributed by atoms with E-state index in [-0.39, 0.29) is 18.0 Å². The lowest BCUT2D eigenvalue weighted by Gasteiger charge is -2.11. The molecule has 0 radical (unpaired) electrons. The van der Waals surface area contributed by atoms with Gasteiger partial charge in [0.15, 0.2) is 9.84 Å². The van der Waals surface area contributed by atoms with Gasteiger partial charge in [0.2, 0.25) is 0 Å². The van der Waals surface area contributed by atoms with E-state index in [0.717, 1.165) is 6.20 Å². The quantitative estimate of drug-likeness (QED) is 0.647. The van der Waals surface area contributed by atoms with Gasteiger partial charge in [-0.05, 0) is 18.9 Å². The van der Waals surface area contributed by atoms with Crippen molar-refractivity contribution in [3.63, 3.8) is 0 Å². The van der Waals surface area contributed by atoms with Gasteiger partial charge in [0.1, 0.15) is 11.9 Å². The molecule has 1 atom stereocenters. The van der Waals surface area contributed by atoms with Crippen molar-refractivity contribution in [1.82, 2.24) is 4.98 Å². The molecule has 1 N–H and O–H groups in total. The zero-order chi connectivity index (χ0) is 13.2. The van der Waals surface area contributed by atoms with Crippen LogP contribution in [-0.2, 0) is 9.84 Å². The Bertz CT molecular complexity index is 558. The first-order valence-electron chi connectivity index (χ1n) is 5.54. The van der Waals surface area contributed by atoms with Crippen molar-refractivity contribution in [3.8, 4) is 0 Å². The largest absolute Gasteiger partial charge is 0.378 e. The summed E-state index contributed by atoms with van der Waals surface area (Å²) in [5.74, 6) is 0.206. The Kier molecular flexibility index (Phi) is 3.46. The number of pyridine rings is 1. The normalized spacial score (nSPS) is 21.7. The second-order valence-electron chi connectivity index (χ2n) is 4.16. The molecule has 1 aromatic rings. The van der Waals surface area contributed by atoms with Crippen LogP contribution in [0.15, 0.2) is 18.5 Å². The van der Waals surface area contributed by atoms with E-state index in [4.69, 9.17) is 0 Å². The Hall–Kier alpha value is -1.70. The summed E-state index contributed by atoms with van der Waals surface area (Å²) in [5.41, 5.74) is 0.157. The fourth-order valence-corrected chi connectivity index (χ4v) is 3.76. The van der Waals surface area contributed by atoms with E-state index < -0.39 is 20.0 Å². The Morgan fingerprint density at radius 1 is 1.56 bits per heavy atom. The van der Waals surface area contributed by atoms with E-state index in [1.54, 1.807) is 0 Å². The van der Waals surface area contributed by atoms with Gasteiger partial charge in [0.05, 0.1) is 15.9 Å². The van der Waals surface area contributed by atoms with Gasteiger partial charge in [-0.2, -0.15) is 0 Å². The van der Waals surface area contributed by atoms with Gasteiger partial charge in [0, 0.05) is 12.7 Å². The smallest absolute Gasteiger partial charge is 0.310 e. The van der Waals surface area contributed by atoms with Crippen LogP contribution in [0.5, 0.6) is 0 Å². The predicted molar refractivity (Wildman–Crippen MR) is 66.2 cm³/mol. The molecular weight excluding hydrogens is 258 g/mol. The summed E-state index contributed by atoms with van der Waals surface area (Å²) < 4.78 is 23.2. The third-order valence-corrected chi connectivity index (χ3v) is 5.26. The second-order valence-corrected chi connectivity index (χ2v) is 6.56. The molecule has 1 unspecified atom stereocenters. The van der Waals surface area contributed by atoms with Gasteiger partial charge >= 0.3 is 5.69 Å². The Balaban J connectivity index is 2.09. The first kappa shape index (κ1) is 12.7. The van der Waals surface area contributed by atoms with E-state index in [9.17, 15) is 18.5 Å². The van der Waals surface area contributed by atoms with Gasteiger partial charge in [-0.3, -0.25) is 15.1 Å². The molecule has 2 heterocycles. The fraction of sp³-hybridized carbons (Fsp3) is 0.500. The second kappa shape index (κ2) is 4.89. The van der Waals surface area contributed by atoms with Crippen LogP contribution in [0.3, 0.4) is 0 Å².